The van der Waals surface area contributed by atoms with Crippen molar-refractivity contribution < 1.29 is 4.74 Å². The van der Waals surface area contributed by atoms with Gasteiger partial charge in [0.05, 0.1) is 0 Å². The first-order valence-electron chi connectivity index (χ1n) is 7.09. The highest BCUT2D eigenvalue weighted by Gasteiger charge is 2.24. The van der Waals surface area contributed by atoms with E-state index >= 15 is 0 Å². The van der Waals surface area contributed by atoms with Gasteiger partial charge in [0.1, 0.15) is 0 Å². The van der Waals surface area contributed by atoms with Crippen LogP contribution >= 0.6 is 0 Å². The standard InChI is InChI=1S/C14H29NO/c1-4-6-12(3)11-14(15-5-2)13-7-9-16-10-8-13/h12-15H,4-11H2,1-3H3. The molecule has 0 bridgehead atoms. The van der Waals surface area contributed by atoms with Crippen LogP contribution in [0.2, 0.25) is 0 Å². The van der Waals surface area contributed by atoms with Gasteiger partial charge in [-0.3, -0.25) is 0 Å². The molecule has 16 heavy (non-hydrogen) atoms. The first-order valence-corrected chi connectivity index (χ1v) is 7.09. The van der Waals surface area contributed by atoms with Gasteiger partial charge in [0.2, 0.25) is 0 Å². The summed E-state index contributed by atoms with van der Waals surface area (Å²) in [6.07, 6.45) is 6.51. The van der Waals surface area contributed by atoms with Crippen molar-refractivity contribution in [2.24, 2.45) is 11.8 Å². The second-order valence-electron chi connectivity index (χ2n) is 5.24. The number of rotatable bonds is 7. The van der Waals surface area contributed by atoms with E-state index in [1.807, 2.05) is 0 Å². The molecule has 1 N–H and O–H groups in total. The molecule has 2 atom stereocenters. The molecule has 0 aromatic carbocycles. The summed E-state index contributed by atoms with van der Waals surface area (Å²) >= 11 is 0. The van der Waals surface area contributed by atoms with Gasteiger partial charge < -0.3 is 10.1 Å². The number of hydrogen-bond acceptors (Lipinski definition) is 2. The lowest BCUT2D eigenvalue weighted by atomic mass is 9.85. The highest BCUT2D eigenvalue weighted by Crippen LogP contribution is 2.24. The van der Waals surface area contributed by atoms with E-state index in [-0.39, 0.29) is 0 Å². The summed E-state index contributed by atoms with van der Waals surface area (Å²) in [5, 5.41) is 3.69. The Balaban J connectivity index is 2.38. The second kappa shape index (κ2) is 8.08. The van der Waals surface area contributed by atoms with Crippen LogP contribution in [-0.2, 0) is 4.74 Å². The Morgan fingerprint density at radius 2 is 1.94 bits per heavy atom. The van der Waals surface area contributed by atoms with Gasteiger partial charge in [-0.05, 0) is 37.6 Å². The first kappa shape index (κ1) is 14.0. The molecule has 1 aliphatic heterocycles. The minimum atomic E-state index is 0.718. The van der Waals surface area contributed by atoms with E-state index in [0.717, 1.165) is 37.6 Å². The van der Waals surface area contributed by atoms with Gasteiger partial charge in [-0.25, -0.2) is 0 Å². The maximum atomic E-state index is 5.45. The molecule has 96 valence electrons. The third-order valence-electron chi connectivity index (χ3n) is 3.74. The lowest BCUT2D eigenvalue weighted by molar-refractivity contribution is 0.0505. The third-order valence-corrected chi connectivity index (χ3v) is 3.74. The van der Waals surface area contributed by atoms with Crippen LogP contribution in [-0.4, -0.2) is 25.8 Å². The molecule has 1 aliphatic rings. The number of hydrogen-bond donors (Lipinski definition) is 1. The van der Waals surface area contributed by atoms with Crippen LogP contribution in [0.5, 0.6) is 0 Å². The van der Waals surface area contributed by atoms with E-state index < -0.39 is 0 Å². The topological polar surface area (TPSA) is 21.3 Å². The zero-order valence-electron chi connectivity index (χ0n) is 11.3. The summed E-state index contributed by atoms with van der Waals surface area (Å²) in [6.45, 7) is 9.93. The summed E-state index contributed by atoms with van der Waals surface area (Å²) in [5.41, 5.74) is 0. The molecule has 0 aromatic rings. The van der Waals surface area contributed by atoms with Crippen molar-refractivity contribution >= 4 is 0 Å². The van der Waals surface area contributed by atoms with Crippen molar-refractivity contribution in [2.75, 3.05) is 19.8 Å². The van der Waals surface area contributed by atoms with E-state index in [2.05, 4.69) is 26.1 Å². The Morgan fingerprint density at radius 3 is 2.50 bits per heavy atom. The zero-order chi connectivity index (χ0) is 11.8. The van der Waals surface area contributed by atoms with Gasteiger partial charge in [-0.1, -0.05) is 33.6 Å². The van der Waals surface area contributed by atoms with Crippen LogP contribution in [0.3, 0.4) is 0 Å². The maximum Gasteiger partial charge on any atom is 0.0469 e. The van der Waals surface area contributed by atoms with E-state index in [0.29, 0.717) is 0 Å². The minimum Gasteiger partial charge on any atom is -0.381 e. The molecule has 0 aromatic heterocycles. The van der Waals surface area contributed by atoms with Crippen LogP contribution in [0, 0.1) is 11.8 Å². The summed E-state index contributed by atoms with van der Waals surface area (Å²) in [4.78, 5) is 0. The Morgan fingerprint density at radius 1 is 1.25 bits per heavy atom. The van der Waals surface area contributed by atoms with Gasteiger partial charge in [0, 0.05) is 19.3 Å². The van der Waals surface area contributed by atoms with Gasteiger partial charge in [-0.2, -0.15) is 0 Å². The van der Waals surface area contributed by atoms with E-state index in [1.54, 1.807) is 0 Å². The van der Waals surface area contributed by atoms with Crippen molar-refractivity contribution in [1.29, 1.82) is 0 Å². The SMILES string of the molecule is CCCC(C)CC(NCC)C1CCOCC1. The molecule has 2 unspecified atom stereocenters. The molecule has 0 radical (unpaired) electrons. The van der Waals surface area contributed by atoms with Crippen LogP contribution in [0.1, 0.15) is 52.9 Å². The maximum absolute atomic E-state index is 5.45. The van der Waals surface area contributed by atoms with Gasteiger partial charge >= 0.3 is 0 Å². The molecule has 1 saturated heterocycles. The fourth-order valence-corrected chi connectivity index (χ4v) is 2.87. The average molecular weight is 227 g/mol. The first-order chi connectivity index (χ1) is 7.77. The lowest BCUT2D eigenvalue weighted by Gasteiger charge is -2.32. The molecule has 0 amide bonds. The van der Waals surface area contributed by atoms with E-state index in [1.165, 1.54) is 32.1 Å². The molecule has 1 rings (SSSR count). The minimum absolute atomic E-state index is 0.718. The predicted molar refractivity (Wildman–Crippen MR) is 69.7 cm³/mol. The second-order valence-corrected chi connectivity index (χ2v) is 5.24. The predicted octanol–water partition coefficient (Wildman–Crippen LogP) is 3.22. The van der Waals surface area contributed by atoms with Crippen LogP contribution < -0.4 is 5.32 Å². The van der Waals surface area contributed by atoms with Crippen molar-refractivity contribution in [3.8, 4) is 0 Å². The summed E-state index contributed by atoms with van der Waals surface area (Å²) < 4.78 is 5.45. The molecule has 0 saturated carbocycles. The normalized spacial score (nSPS) is 21.9. The Kier molecular flexibility index (Phi) is 7.06. The van der Waals surface area contributed by atoms with Gasteiger partial charge in [0.25, 0.3) is 0 Å². The largest absolute Gasteiger partial charge is 0.381 e. The fraction of sp³-hybridized carbons (Fsp3) is 1.00. The Hall–Kier alpha value is -0.0800. The zero-order valence-corrected chi connectivity index (χ0v) is 11.3. The van der Waals surface area contributed by atoms with Crippen molar-refractivity contribution in [3.05, 3.63) is 0 Å². The van der Waals surface area contributed by atoms with E-state index in [4.69, 9.17) is 4.74 Å². The smallest absolute Gasteiger partial charge is 0.0469 e. The molecular formula is C14H29NO. The lowest BCUT2D eigenvalue weighted by Crippen LogP contribution is -2.40. The number of ether oxygens (including phenoxy) is 1. The Labute approximate surface area is 101 Å². The van der Waals surface area contributed by atoms with E-state index in [9.17, 15) is 0 Å². The van der Waals surface area contributed by atoms with Crippen molar-refractivity contribution in [3.63, 3.8) is 0 Å². The number of nitrogens with one attached hydrogen (secondary N) is 1. The average Bonchev–Trinajstić information content (AvgIpc) is 2.30. The third kappa shape index (κ3) is 4.84. The summed E-state index contributed by atoms with van der Waals surface area (Å²) in [6, 6.07) is 0.718. The highest BCUT2D eigenvalue weighted by atomic mass is 16.5. The van der Waals surface area contributed by atoms with Crippen LogP contribution in [0.25, 0.3) is 0 Å². The molecule has 2 heteroatoms. The monoisotopic (exact) mass is 227 g/mol. The molecular weight excluding hydrogens is 198 g/mol. The van der Waals surface area contributed by atoms with Crippen LogP contribution in [0.4, 0.5) is 0 Å². The highest BCUT2D eigenvalue weighted by molar-refractivity contribution is 4.79. The quantitative estimate of drug-likeness (QED) is 0.721. The summed E-state index contributed by atoms with van der Waals surface area (Å²) in [7, 11) is 0. The fourth-order valence-electron chi connectivity index (χ4n) is 2.87. The summed E-state index contributed by atoms with van der Waals surface area (Å²) in [5.74, 6) is 1.70. The molecule has 2 nitrogen and oxygen atoms in total. The molecule has 1 fully saturated rings. The van der Waals surface area contributed by atoms with Gasteiger partial charge in [0.15, 0.2) is 0 Å². The molecule has 1 heterocycles. The van der Waals surface area contributed by atoms with Gasteiger partial charge in [-0.15, -0.1) is 0 Å². The molecule has 0 spiro atoms. The van der Waals surface area contributed by atoms with Crippen LogP contribution in [0.15, 0.2) is 0 Å². The molecule has 0 aliphatic carbocycles. The van der Waals surface area contributed by atoms with Crippen molar-refractivity contribution in [1.82, 2.24) is 5.32 Å². The Bertz CT molecular complexity index is 166. The van der Waals surface area contributed by atoms with Crippen molar-refractivity contribution in [2.45, 2.75) is 58.9 Å².